The molecule has 126 valence electrons. The molecular formula is C19H15ClFN3O. The van der Waals surface area contributed by atoms with Gasteiger partial charge in [0.15, 0.2) is 0 Å². The quantitative estimate of drug-likeness (QED) is 0.706. The summed E-state index contributed by atoms with van der Waals surface area (Å²) in [5, 5.41) is 6.26. The van der Waals surface area contributed by atoms with Gasteiger partial charge in [-0.25, -0.2) is 9.37 Å². The van der Waals surface area contributed by atoms with Crippen molar-refractivity contribution in [2.45, 2.75) is 6.54 Å². The Labute approximate surface area is 149 Å². The van der Waals surface area contributed by atoms with Crippen molar-refractivity contribution in [1.29, 1.82) is 0 Å². The number of nitrogens with one attached hydrogen (secondary N) is 2. The Hall–Kier alpha value is -2.92. The molecule has 6 heteroatoms. The number of benzene rings is 2. The molecule has 1 heterocycles. The van der Waals surface area contributed by atoms with Crippen LogP contribution in [0, 0.1) is 5.82 Å². The molecule has 0 spiro atoms. The van der Waals surface area contributed by atoms with Crippen molar-refractivity contribution in [2.75, 3.05) is 5.32 Å². The van der Waals surface area contributed by atoms with E-state index in [0.717, 1.165) is 5.56 Å². The number of carbonyl (C=O) groups is 1. The molecule has 0 radical (unpaired) electrons. The average Bonchev–Trinajstić information content (AvgIpc) is 2.63. The summed E-state index contributed by atoms with van der Waals surface area (Å²) < 4.78 is 13.6. The highest BCUT2D eigenvalue weighted by molar-refractivity contribution is 6.31. The molecule has 0 saturated heterocycles. The van der Waals surface area contributed by atoms with Crippen LogP contribution in [0.5, 0.6) is 0 Å². The highest BCUT2D eigenvalue weighted by atomic mass is 35.5. The molecular weight excluding hydrogens is 341 g/mol. The van der Waals surface area contributed by atoms with Crippen LogP contribution in [0.4, 0.5) is 15.9 Å². The number of halogens is 2. The van der Waals surface area contributed by atoms with E-state index in [1.54, 1.807) is 36.4 Å². The van der Waals surface area contributed by atoms with E-state index in [1.165, 1.54) is 12.3 Å². The molecule has 0 atom stereocenters. The first-order valence-electron chi connectivity index (χ1n) is 7.63. The summed E-state index contributed by atoms with van der Waals surface area (Å²) in [5.74, 6) is -0.177. The molecule has 2 aromatic carbocycles. The van der Waals surface area contributed by atoms with Gasteiger partial charge in [0.2, 0.25) is 0 Å². The number of rotatable bonds is 5. The number of aromatic nitrogens is 1. The van der Waals surface area contributed by atoms with Gasteiger partial charge >= 0.3 is 0 Å². The minimum atomic E-state index is -0.370. The lowest BCUT2D eigenvalue weighted by Crippen LogP contribution is -2.23. The van der Waals surface area contributed by atoms with Gasteiger partial charge in [-0.15, -0.1) is 0 Å². The maximum Gasteiger partial charge on any atom is 0.253 e. The normalized spacial score (nSPS) is 10.3. The minimum Gasteiger partial charge on any atom is -0.348 e. The maximum absolute atomic E-state index is 13.6. The van der Waals surface area contributed by atoms with E-state index < -0.39 is 0 Å². The first-order chi connectivity index (χ1) is 12.1. The number of anilines is 2. The maximum atomic E-state index is 13.6. The van der Waals surface area contributed by atoms with Gasteiger partial charge in [-0.3, -0.25) is 4.79 Å². The summed E-state index contributed by atoms with van der Waals surface area (Å²) in [6.45, 7) is 0.327. The monoisotopic (exact) mass is 355 g/mol. The van der Waals surface area contributed by atoms with E-state index in [4.69, 9.17) is 11.6 Å². The number of hydrogen-bond donors (Lipinski definition) is 2. The summed E-state index contributed by atoms with van der Waals surface area (Å²) in [6.07, 6.45) is 1.44. The van der Waals surface area contributed by atoms with Crippen LogP contribution < -0.4 is 10.6 Å². The predicted molar refractivity (Wildman–Crippen MR) is 96.5 cm³/mol. The van der Waals surface area contributed by atoms with E-state index in [1.807, 2.05) is 18.2 Å². The zero-order valence-corrected chi connectivity index (χ0v) is 13.9. The lowest BCUT2D eigenvalue weighted by molar-refractivity contribution is 0.0950. The second-order valence-electron chi connectivity index (χ2n) is 5.31. The molecule has 4 nitrogen and oxygen atoms in total. The third kappa shape index (κ3) is 4.33. The van der Waals surface area contributed by atoms with Gasteiger partial charge in [0.05, 0.1) is 11.3 Å². The van der Waals surface area contributed by atoms with Crippen molar-refractivity contribution in [2.24, 2.45) is 0 Å². The van der Waals surface area contributed by atoms with E-state index in [0.29, 0.717) is 28.6 Å². The van der Waals surface area contributed by atoms with Gasteiger partial charge in [0.1, 0.15) is 11.6 Å². The third-order valence-corrected chi connectivity index (χ3v) is 3.93. The highest BCUT2D eigenvalue weighted by Crippen LogP contribution is 2.18. The van der Waals surface area contributed by atoms with Crippen LogP contribution in [0.15, 0.2) is 66.9 Å². The number of carbonyl (C=O) groups excluding carboxylic acids is 1. The lowest BCUT2D eigenvalue weighted by atomic mass is 10.2. The predicted octanol–water partition coefficient (Wildman–Crippen LogP) is 4.55. The average molecular weight is 356 g/mol. The molecule has 0 saturated carbocycles. The molecule has 3 rings (SSSR count). The van der Waals surface area contributed by atoms with Crippen LogP contribution >= 0.6 is 11.6 Å². The number of pyridine rings is 1. The van der Waals surface area contributed by atoms with Crippen molar-refractivity contribution in [3.8, 4) is 0 Å². The summed E-state index contributed by atoms with van der Waals surface area (Å²) in [7, 11) is 0. The Morgan fingerprint density at radius 2 is 1.80 bits per heavy atom. The van der Waals surface area contributed by atoms with Gasteiger partial charge in [-0.1, -0.05) is 41.9 Å². The van der Waals surface area contributed by atoms with Crippen molar-refractivity contribution in [1.82, 2.24) is 10.3 Å². The lowest BCUT2D eigenvalue weighted by Gasteiger charge is -2.09. The number of hydrogen-bond acceptors (Lipinski definition) is 3. The first-order valence-corrected chi connectivity index (χ1v) is 8.00. The van der Waals surface area contributed by atoms with Crippen LogP contribution in [0.25, 0.3) is 0 Å². The molecule has 0 unspecified atom stereocenters. The van der Waals surface area contributed by atoms with Gasteiger partial charge in [0, 0.05) is 17.8 Å². The van der Waals surface area contributed by atoms with Crippen LogP contribution in [0.3, 0.4) is 0 Å². The molecule has 0 aliphatic carbocycles. The fraction of sp³-hybridized carbons (Fsp3) is 0.0526. The Morgan fingerprint density at radius 3 is 2.52 bits per heavy atom. The molecule has 0 aliphatic rings. The van der Waals surface area contributed by atoms with Crippen molar-refractivity contribution < 1.29 is 9.18 Å². The fourth-order valence-corrected chi connectivity index (χ4v) is 2.42. The van der Waals surface area contributed by atoms with Gasteiger partial charge in [-0.05, 0) is 35.9 Å². The number of amides is 1. The molecule has 25 heavy (non-hydrogen) atoms. The fourth-order valence-electron chi connectivity index (χ4n) is 2.22. The molecule has 2 N–H and O–H groups in total. The Kier molecular flexibility index (Phi) is 5.26. The molecule has 3 aromatic rings. The van der Waals surface area contributed by atoms with Crippen molar-refractivity contribution in [3.05, 3.63) is 88.8 Å². The van der Waals surface area contributed by atoms with Crippen LogP contribution in [-0.4, -0.2) is 10.9 Å². The summed E-state index contributed by atoms with van der Waals surface area (Å²) in [5.41, 5.74) is 1.57. The van der Waals surface area contributed by atoms with Gasteiger partial charge < -0.3 is 10.6 Å². The Bertz CT molecular complexity index is 884. The van der Waals surface area contributed by atoms with E-state index in [-0.39, 0.29) is 11.7 Å². The standard InChI is InChI=1S/C19H15ClFN3O/c20-15-6-2-1-5-13(15)11-23-19(25)14-9-10-18(22-12-14)24-17-8-4-3-7-16(17)21/h1-10,12H,11H2,(H,22,24)(H,23,25). The molecule has 0 bridgehead atoms. The summed E-state index contributed by atoms with van der Waals surface area (Å²) >= 11 is 6.06. The highest BCUT2D eigenvalue weighted by Gasteiger charge is 2.08. The van der Waals surface area contributed by atoms with Crippen LogP contribution in [0.1, 0.15) is 15.9 Å². The number of nitrogens with zero attached hydrogens (tertiary/aromatic N) is 1. The van der Waals surface area contributed by atoms with E-state index >= 15 is 0 Å². The molecule has 1 aromatic heterocycles. The summed E-state index contributed by atoms with van der Waals surface area (Å²) in [6, 6.07) is 16.9. The van der Waals surface area contributed by atoms with Crippen molar-refractivity contribution >= 4 is 29.0 Å². The SMILES string of the molecule is O=C(NCc1ccccc1Cl)c1ccc(Nc2ccccc2F)nc1. The number of para-hydroxylation sites is 1. The van der Waals surface area contributed by atoms with Gasteiger partial charge in [0.25, 0.3) is 5.91 Å². The van der Waals surface area contributed by atoms with Gasteiger partial charge in [-0.2, -0.15) is 0 Å². The molecule has 0 fully saturated rings. The zero-order valence-electron chi connectivity index (χ0n) is 13.2. The smallest absolute Gasteiger partial charge is 0.253 e. The zero-order chi connectivity index (χ0) is 17.6. The Morgan fingerprint density at radius 1 is 1.04 bits per heavy atom. The van der Waals surface area contributed by atoms with E-state index in [9.17, 15) is 9.18 Å². The summed E-state index contributed by atoms with van der Waals surface area (Å²) in [4.78, 5) is 16.3. The molecule has 1 amide bonds. The minimum absolute atomic E-state index is 0.259. The third-order valence-electron chi connectivity index (χ3n) is 3.56. The van der Waals surface area contributed by atoms with E-state index in [2.05, 4.69) is 15.6 Å². The largest absolute Gasteiger partial charge is 0.348 e. The first kappa shape index (κ1) is 16.9. The second kappa shape index (κ2) is 7.77. The van der Waals surface area contributed by atoms with Crippen molar-refractivity contribution in [3.63, 3.8) is 0 Å². The second-order valence-corrected chi connectivity index (χ2v) is 5.72. The molecule has 0 aliphatic heterocycles. The topological polar surface area (TPSA) is 54.0 Å². The Balaban J connectivity index is 1.63. The van der Waals surface area contributed by atoms with Crippen LogP contribution in [0.2, 0.25) is 5.02 Å². The van der Waals surface area contributed by atoms with Crippen LogP contribution in [-0.2, 0) is 6.54 Å².